The van der Waals surface area contributed by atoms with Crippen LogP contribution in [-0.4, -0.2) is 33.6 Å². The number of benzene rings is 1. The van der Waals surface area contributed by atoms with E-state index in [1.54, 1.807) is 0 Å². The zero-order valence-electron chi connectivity index (χ0n) is 12.2. The molecule has 0 bridgehead atoms. The molecule has 0 saturated carbocycles. The van der Waals surface area contributed by atoms with Gasteiger partial charge in [0, 0.05) is 0 Å². The molecule has 1 aliphatic heterocycles. The number of hydrogen-bond donors (Lipinski definition) is 2. The molecule has 11 heteroatoms. The molecule has 1 aromatic carbocycles. The third kappa shape index (κ3) is 4.80. The Bertz CT molecular complexity index is 815. The van der Waals surface area contributed by atoms with E-state index in [1.165, 1.54) is 12.1 Å². The van der Waals surface area contributed by atoms with E-state index in [0.29, 0.717) is 0 Å². The quantitative estimate of drug-likeness (QED) is 0.621. The number of amides is 1. The Kier molecular flexibility index (Phi) is 5.43. The third-order valence-electron chi connectivity index (χ3n) is 2.96. The lowest BCUT2D eigenvalue weighted by Crippen LogP contribution is -2.26. The molecule has 1 saturated heterocycles. The fraction of sp³-hybridized carbons (Fsp3) is 0.214. The van der Waals surface area contributed by atoms with Crippen LogP contribution in [0.15, 0.2) is 28.4 Å². The molecular formula is C14H9F3N4O3S. The molecule has 1 atom stereocenters. The van der Waals surface area contributed by atoms with Crippen molar-refractivity contribution in [2.45, 2.75) is 17.8 Å². The Morgan fingerprint density at radius 1 is 1.48 bits per heavy atom. The fourth-order valence-electron chi connectivity index (χ4n) is 1.87. The Hall–Kier alpha value is -2.87. The molecule has 0 spiro atoms. The van der Waals surface area contributed by atoms with Gasteiger partial charge in [0.25, 0.3) is 0 Å². The van der Waals surface area contributed by atoms with Crippen LogP contribution >= 0.6 is 11.8 Å². The van der Waals surface area contributed by atoms with E-state index >= 15 is 0 Å². The molecule has 1 fully saturated rings. The average Bonchev–Trinajstić information content (AvgIpc) is 2.85. The van der Waals surface area contributed by atoms with E-state index in [9.17, 15) is 22.8 Å². The van der Waals surface area contributed by atoms with Crippen molar-refractivity contribution in [3.63, 3.8) is 0 Å². The lowest BCUT2D eigenvalue weighted by molar-refractivity contribution is -0.138. The first-order valence-corrected chi connectivity index (χ1v) is 7.50. The van der Waals surface area contributed by atoms with Crippen LogP contribution in [0.25, 0.3) is 0 Å². The standard InChI is InChI=1S/C14H9F3N4O3S/c15-14(16,17)9-3-7(1-2-8(9)5-18)6-19-21-13-20-12(24)10(25-13)4-11(22)23/h1-3,6,10H,4H2,(H,22,23)(H,20,21,24). The Balaban J connectivity index is 2.14. The zero-order valence-corrected chi connectivity index (χ0v) is 13.1. The number of halogens is 3. The van der Waals surface area contributed by atoms with Gasteiger partial charge in [0.1, 0.15) is 5.25 Å². The number of rotatable bonds is 4. The first-order chi connectivity index (χ1) is 11.7. The van der Waals surface area contributed by atoms with Crippen LogP contribution in [0, 0.1) is 11.3 Å². The number of thioether (sulfide) groups is 1. The summed E-state index contributed by atoms with van der Waals surface area (Å²) in [6.45, 7) is 0. The highest BCUT2D eigenvalue weighted by atomic mass is 32.2. The van der Waals surface area contributed by atoms with Crippen LogP contribution < -0.4 is 5.32 Å². The molecule has 0 radical (unpaired) electrons. The van der Waals surface area contributed by atoms with Crippen molar-refractivity contribution in [3.8, 4) is 6.07 Å². The molecule has 7 nitrogen and oxygen atoms in total. The van der Waals surface area contributed by atoms with Gasteiger partial charge in [0.2, 0.25) is 5.91 Å². The van der Waals surface area contributed by atoms with Crippen molar-refractivity contribution in [3.05, 3.63) is 34.9 Å². The summed E-state index contributed by atoms with van der Waals surface area (Å²) >= 11 is 0.867. The zero-order chi connectivity index (χ0) is 18.6. The van der Waals surface area contributed by atoms with E-state index in [0.717, 1.165) is 30.1 Å². The summed E-state index contributed by atoms with van der Waals surface area (Å²) in [6.07, 6.45) is -4.04. The van der Waals surface area contributed by atoms with Gasteiger partial charge in [-0.2, -0.15) is 23.5 Å². The second kappa shape index (κ2) is 7.35. The molecule has 130 valence electrons. The number of aliphatic carboxylic acids is 1. The molecule has 1 aliphatic rings. The number of amidine groups is 1. The first-order valence-electron chi connectivity index (χ1n) is 6.62. The molecule has 1 aromatic rings. The lowest BCUT2D eigenvalue weighted by atomic mass is 10.0. The largest absolute Gasteiger partial charge is 0.481 e. The second-order valence-electron chi connectivity index (χ2n) is 4.76. The molecule has 1 unspecified atom stereocenters. The van der Waals surface area contributed by atoms with Crippen molar-refractivity contribution in [2.24, 2.45) is 10.2 Å². The topological polar surface area (TPSA) is 115 Å². The van der Waals surface area contributed by atoms with Crippen LogP contribution in [0.1, 0.15) is 23.1 Å². The van der Waals surface area contributed by atoms with Crippen LogP contribution in [0.4, 0.5) is 13.2 Å². The highest BCUT2D eigenvalue weighted by molar-refractivity contribution is 8.15. The maximum atomic E-state index is 12.9. The fourth-order valence-corrected chi connectivity index (χ4v) is 2.78. The van der Waals surface area contributed by atoms with E-state index in [4.69, 9.17) is 10.4 Å². The number of hydrogen-bond acceptors (Lipinski definition) is 6. The highest BCUT2D eigenvalue weighted by Gasteiger charge is 2.34. The van der Waals surface area contributed by atoms with Crippen LogP contribution in [0.3, 0.4) is 0 Å². The minimum atomic E-state index is -4.68. The van der Waals surface area contributed by atoms with Gasteiger partial charge in [-0.25, -0.2) is 0 Å². The minimum absolute atomic E-state index is 0.0530. The molecule has 1 heterocycles. The number of carboxylic acids is 1. The summed E-state index contributed by atoms with van der Waals surface area (Å²) in [5.41, 5.74) is -1.53. The van der Waals surface area contributed by atoms with Crippen LogP contribution in [-0.2, 0) is 15.8 Å². The Morgan fingerprint density at radius 3 is 2.80 bits per heavy atom. The van der Waals surface area contributed by atoms with Crippen molar-refractivity contribution in [1.29, 1.82) is 5.26 Å². The molecular weight excluding hydrogens is 361 g/mol. The molecule has 0 aliphatic carbocycles. The van der Waals surface area contributed by atoms with Crippen LogP contribution in [0.5, 0.6) is 0 Å². The predicted octanol–water partition coefficient (Wildman–Crippen LogP) is 1.97. The SMILES string of the molecule is N#Cc1ccc(C=NN=C2NC(=O)C(CC(=O)O)S2)cc1C(F)(F)F. The number of nitrogens with one attached hydrogen (secondary N) is 1. The number of carbonyl (C=O) groups excluding carboxylic acids is 1. The van der Waals surface area contributed by atoms with Gasteiger partial charge in [-0.15, -0.1) is 5.10 Å². The molecule has 1 amide bonds. The van der Waals surface area contributed by atoms with Gasteiger partial charge in [0.05, 0.1) is 29.8 Å². The highest BCUT2D eigenvalue weighted by Crippen LogP contribution is 2.32. The van der Waals surface area contributed by atoms with Crippen molar-refractivity contribution < 1.29 is 27.9 Å². The summed E-state index contributed by atoms with van der Waals surface area (Å²) < 4.78 is 38.6. The van der Waals surface area contributed by atoms with Gasteiger partial charge < -0.3 is 10.4 Å². The van der Waals surface area contributed by atoms with E-state index < -0.39 is 34.4 Å². The van der Waals surface area contributed by atoms with E-state index in [-0.39, 0.29) is 17.2 Å². The van der Waals surface area contributed by atoms with Crippen molar-refractivity contribution >= 4 is 35.0 Å². The summed E-state index contributed by atoms with van der Waals surface area (Å²) in [5, 5.41) is 26.1. The van der Waals surface area contributed by atoms with E-state index in [1.807, 2.05) is 0 Å². The Morgan fingerprint density at radius 2 is 2.20 bits per heavy atom. The maximum absolute atomic E-state index is 12.9. The minimum Gasteiger partial charge on any atom is -0.481 e. The molecule has 25 heavy (non-hydrogen) atoms. The maximum Gasteiger partial charge on any atom is 0.417 e. The van der Waals surface area contributed by atoms with Gasteiger partial charge in [-0.05, 0) is 17.7 Å². The summed E-state index contributed by atoms with van der Waals surface area (Å²) in [5.74, 6) is -1.67. The number of carboxylic acid groups (broad SMARTS) is 1. The van der Waals surface area contributed by atoms with E-state index in [2.05, 4.69) is 15.5 Å². The monoisotopic (exact) mass is 370 g/mol. The number of nitriles is 1. The third-order valence-corrected chi connectivity index (χ3v) is 4.03. The first kappa shape index (κ1) is 18.5. The van der Waals surface area contributed by atoms with Crippen molar-refractivity contribution in [2.75, 3.05) is 0 Å². The number of carbonyl (C=O) groups is 2. The smallest absolute Gasteiger partial charge is 0.417 e. The summed E-state index contributed by atoms with van der Waals surface area (Å²) in [7, 11) is 0. The Labute approximate surface area is 143 Å². The average molecular weight is 370 g/mol. The van der Waals surface area contributed by atoms with Gasteiger partial charge in [0.15, 0.2) is 5.17 Å². The van der Waals surface area contributed by atoms with Gasteiger partial charge >= 0.3 is 12.1 Å². The van der Waals surface area contributed by atoms with Crippen LogP contribution in [0.2, 0.25) is 0 Å². The van der Waals surface area contributed by atoms with Gasteiger partial charge in [-0.3, -0.25) is 9.59 Å². The van der Waals surface area contributed by atoms with Gasteiger partial charge in [-0.1, -0.05) is 17.8 Å². The normalized spacial score (nSPS) is 19.2. The molecule has 2 N–H and O–H groups in total. The predicted molar refractivity (Wildman–Crippen MR) is 83.0 cm³/mol. The number of alkyl halides is 3. The number of nitrogens with zero attached hydrogens (tertiary/aromatic N) is 3. The molecule has 2 rings (SSSR count). The van der Waals surface area contributed by atoms with Crippen molar-refractivity contribution in [1.82, 2.24) is 5.32 Å². The summed E-state index contributed by atoms with van der Waals surface area (Å²) in [6, 6.07) is 4.51. The second-order valence-corrected chi connectivity index (χ2v) is 5.95. The molecule has 0 aromatic heterocycles. The lowest BCUT2D eigenvalue weighted by Gasteiger charge is -2.08. The summed E-state index contributed by atoms with van der Waals surface area (Å²) in [4.78, 5) is 22.1.